The first-order valence-electron chi connectivity index (χ1n) is 8.94. The third-order valence-corrected chi connectivity index (χ3v) is 3.93. The van der Waals surface area contributed by atoms with Gasteiger partial charge < -0.3 is 15.4 Å². The molecule has 5 heteroatoms. The van der Waals surface area contributed by atoms with Gasteiger partial charge in [0.15, 0.2) is 0 Å². The second kappa shape index (κ2) is 8.85. The molecule has 0 atom stereocenters. The van der Waals surface area contributed by atoms with E-state index in [0.717, 1.165) is 22.6 Å². The number of carbonyl (C=O) groups excluding carboxylic acids is 1. The summed E-state index contributed by atoms with van der Waals surface area (Å²) in [5.41, 5.74) is 3.73. The van der Waals surface area contributed by atoms with Crippen LogP contribution in [0.3, 0.4) is 0 Å². The molecule has 0 spiro atoms. The second-order valence-corrected chi connectivity index (χ2v) is 6.23. The number of rotatable bonds is 7. The van der Waals surface area contributed by atoms with E-state index in [-0.39, 0.29) is 5.91 Å². The van der Waals surface area contributed by atoms with Crippen LogP contribution >= 0.6 is 0 Å². The zero-order valence-corrected chi connectivity index (χ0v) is 15.5. The van der Waals surface area contributed by atoms with E-state index in [2.05, 4.69) is 15.6 Å². The van der Waals surface area contributed by atoms with Crippen LogP contribution in [0.5, 0.6) is 5.75 Å². The van der Waals surface area contributed by atoms with Gasteiger partial charge in [0.2, 0.25) is 5.91 Å². The van der Waals surface area contributed by atoms with Gasteiger partial charge in [-0.3, -0.25) is 4.79 Å². The summed E-state index contributed by atoms with van der Waals surface area (Å²) in [6.07, 6.45) is 1.99. The smallest absolute Gasteiger partial charge is 0.228 e. The summed E-state index contributed by atoms with van der Waals surface area (Å²) in [6, 6.07) is 19.3. The average Bonchev–Trinajstić information content (AvgIpc) is 2.65. The van der Waals surface area contributed by atoms with Gasteiger partial charge in [0.25, 0.3) is 0 Å². The molecule has 0 radical (unpaired) electrons. The lowest BCUT2D eigenvalue weighted by Crippen LogP contribution is -2.14. The maximum atomic E-state index is 12.2. The fourth-order valence-electron chi connectivity index (χ4n) is 2.70. The molecule has 0 bridgehead atoms. The Hall–Kier alpha value is -3.34. The average molecular weight is 361 g/mol. The Bertz CT molecular complexity index is 890. The molecule has 0 aliphatic rings. The van der Waals surface area contributed by atoms with Crippen LogP contribution in [0.1, 0.15) is 18.1 Å². The van der Waals surface area contributed by atoms with Gasteiger partial charge in [0.1, 0.15) is 11.6 Å². The predicted octanol–water partition coefficient (Wildman–Crippen LogP) is 4.71. The molecule has 0 saturated carbocycles. The van der Waals surface area contributed by atoms with Crippen LogP contribution in [0.25, 0.3) is 0 Å². The lowest BCUT2D eigenvalue weighted by atomic mass is 10.1. The first-order valence-corrected chi connectivity index (χ1v) is 8.94. The quantitative estimate of drug-likeness (QED) is 0.639. The zero-order valence-electron chi connectivity index (χ0n) is 15.5. The largest absolute Gasteiger partial charge is 0.494 e. The van der Waals surface area contributed by atoms with Crippen molar-refractivity contribution in [2.75, 3.05) is 17.2 Å². The number of hydrogen-bond donors (Lipinski definition) is 2. The van der Waals surface area contributed by atoms with Gasteiger partial charge in [-0.15, -0.1) is 0 Å². The fraction of sp³-hybridized carbons (Fsp3) is 0.182. The third-order valence-electron chi connectivity index (χ3n) is 3.93. The summed E-state index contributed by atoms with van der Waals surface area (Å²) >= 11 is 0. The number of benzene rings is 2. The summed E-state index contributed by atoms with van der Waals surface area (Å²) in [5.74, 6) is 1.48. The molecule has 3 aromatic rings. The normalized spacial score (nSPS) is 10.3. The summed E-state index contributed by atoms with van der Waals surface area (Å²) < 4.78 is 5.43. The highest BCUT2D eigenvalue weighted by atomic mass is 16.5. The highest BCUT2D eigenvalue weighted by Gasteiger charge is 2.05. The minimum absolute atomic E-state index is 0.0605. The molecule has 0 aliphatic carbocycles. The van der Waals surface area contributed by atoms with Crippen LogP contribution in [0, 0.1) is 6.92 Å². The van der Waals surface area contributed by atoms with Crippen molar-refractivity contribution in [3.8, 4) is 5.75 Å². The molecule has 0 unspecified atom stereocenters. The van der Waals surface area contributed by atoms with Crippen LogP contribution in [-0.2, 0) is 11.2 Å². The lowest BCUT2D eigenvalue weighted by molar-refractivity contribution is -0.115. The van der Waals surface area contributed by atoms with Gasteiger partial charge in [-0.25, -0.2) is 4.98 Å². The topological polar surface area (TPSA) is 63.2 Å². The van der Waals surface area contributed by atoms with Crippen molar-refractivity contribution in [1.29, 1.82) is 0 Å². The van der Waals surface area contributed by atoms with Gasteiger partial charge in [0, 0.05) is 5.69 Å². The summed E-state index contributed by atoms with van der Waals surface area (Å²) in [5, 5.41) is 6.10. The zero-order chi connectivity index (χ0) is 19.1. The van der Waals surface area contributed by atoms with E-state index in [1.165, 1.54) is 0 Å². The Labute approximate surface area is 159 Å². The van der Waals surface area contributed by atoms with E-state index in [1.54, 1.807) is 6.20 Å². The highest BCUT2D eigenvalue weighted by Crippen LogP contribution is 2.20. The van der Waals surface area contributed by atoms with E-state index in [9.17, 15) is 4.79 Å². The number of amides is 1. The van der Waals surface area contributed by atoms with Crippen LogP contribution < -0.4 is 15.4 Å². The molecule has 0 fully saturated rings. The van der Waals surface area contributed by atoms with Gasteiger partial charge in [-0.05, 0) is 55.8 Å². The fourth-order valence-corrected chi connectivity index (χ4v) is 2.70. The van der Waals surface area contributed by atoms with Crippen LogP contribution in [0.15, 0.2) is 66.9 Å². The molecule has 138 valence electrons. The number of carbonyl (C=O) groups is 1. The van der Waals surface area contributed by atoms with Crippen molar-refractivity contribution in [2.45, 2.75) is 20.3 Å². The molecule has 0 aliphatic heterocycles. The third kappa shape index (κ3) is 5.57. The maximum absolute atomic E-state index is 12.2. The van der Waals surface area contributed by atoms with E-state index in [1.807, 2.05) is 74.5 Å². The lowest BCUT2D eigenvalue weighted by Gasteiger charge is -2.09. The molecule has 1 heterocycles. The molecule has 0 saturated heterocycles. The number of nitrogens with one attached hydrogen (secondary N) is 2. The Kier molecular flexibility index (Phi) is 6.05. The number of aromatic nitrogens is 1. The Morgan fingerprint density at radius 3 is 2.48 bits per heavy atom. The summed E-state index contributed by atoms with van der Waals surface area (Å²) in [7, 11) is 0. The molecular formula is C22H23N3O2. The Morgan fingerprint density at radius 1 is 1.04 bits per heavy atom. The Morgan fingerprint density at radius 2 is 1.81 bits per heavy atom. The number of ether oxygens (including phenoxy) is 1. The van der Waals surface area contributed by atoms with E-state index in [0.29, 0.717) is 24.5 Å². The van der Waals surface area contributed by atoms with Gasteiger partial charge in [0.05, 0.1) is 24.9 Å². The van der Waals surface area contributed by atoms with Gasteiger partial charge in [-0.1, -0.05) is 29.8 Å². The number of pyridine rings is 1. The molecule has 27 heavy (non-hydrogen) atoms. The van der Waals surface area contributed by atoms with Crippen LogP contribution in [0.4, 0.5) is 17.2 Å². The van der Waals surface area contributed by atoms with Gasteiger partial charge in [-0.2, -0.15) is 0 Å². The molecule has 3 rings (SSSR count). The summed E-state index contributed by atoms with van der Waals surface area (Å²) in [4.78, 5) is 16.5. The molecular weight excluding hydrogens is 338 g/mol. The van der Waals surface area contributed by atoms with E-state index in [4.69, 9.17) is 4.74 Å². The van der Waals surface area contributed by atoms with Crippen molar-refractivity contribution in [2.24, 2.45) is 0 Å². The molecule has 1 amide bonds. The minimum Gasteiger partial charge on any atom is -0.494 e. The molecule has 2 aromatic carbocycles. The van der Waals surface area contributed by atoms with Crippen molar-refractivity contribution in [3.05, 3.63) is 78.0 Å². The summed E-state index contributed by atoms with van der Waals surface area (Å²) in [6.45, 7) is 4.62. The van der Waals surface area contributed by atoms with Crippen molar-refractivity contribution >= 4 is 23.1 Å². The van der Waals surface area contributed by atoms with Crippen molar-refractivity contribution in [1.82, 2.24) is 4.98 Å². The van der Waals surface area contributed by atoms with E-state index >= 15 is 0 Å². The highest BCUT2D eigenvalue weighted by molar-refractivity contribution is 5.92. The number of nitrogens with zero attached hydrogens (tertiary/aromatic N) is 1. The first-order chi connectivity index (χ1) is 13.1. The second-order valence-electron chi connectivity index (χ2n) is 6.23. The first kappa shape index (κ1) is 18.5. The molecule has 5 nitrogen and oxygen atoms in total. The maximum Gasteiger partial charge on any atom is 0.228 e. The number of hydrogen-bond acceptors (Lipinski definition) is 4. The van der Waals surface area contributed by atoms with Crippen molar-refractivity contribution < 1.29 is 9.53 Å². The molecule has 1 aromatic heterocycles. The minimum atomic E-state index is -0.0605. The van der Waals surface area contributed by atoms with Gasteiger partial charge >= 0.3 is 0 Å². The van der Waals surface area contributed by atoms with E-state index < -0.39 is 0 Å². The Balaban J connectivity index is 1.55. The van der Waals surface area contributed by atoms with Crippen molar-refractivity contribution in [3.63, 3.8) is 0 Å². The van der Waals surface area contributed by atoms with Crippen LogP contribution in [-0.4, -0.2) is 17.5 Å². The SMILES string of the molecule is CCOc1ccc(Nc2ccc(NC(=O)Cc3cccc(C)c3)cn2)cc1. The number of aryl methyl sites for hydroxylation is 1. The van der Waals surface area contributed by atoms with Crippen LogP contribution in [0.2, 0.25) is 0 Å². The number of anilines is 3. The molecule has 2 N–H and O–H groups in total. The standard InChI is InChI=1S/C22H23N3O2/c1-3-27-20-10-7-18(8-11-20)24-21-12-9-19(15-23-21)25-22(26)14-17-6-4-5-16(2)13-17/h4-13,15H,3,14H2,1-2H3,(H,23,24)(H,25,26). The predicted molar refractivity (Wildman–Crippen MR) is 109 cm³/mol. The monoisotopic (exact) mass is 361 g/mol.